The molecule has 0 radical (unpaired) electrons. The first-order valence-electron chi connectivity index (χ1n) is 6.42. The molecular weight excluding hydrogens is 290 g/mol. The molecule has 1 aromatic carbocycles. The summed E-state index contributed by atoms with van der Waals surface area (Å²) in [5.41, 5.74) is 1.90. The SMILES string of the molecule is Cc1ccc(/C=C/S(=O)(=O)NCC(O)c2ccco2)cc1. The van der Waals surface area contributed by atoms with E-state index in [2.05, 4.69) is 4.72 Å². The molecule has 0 aliphatic rings. The maximum absolute atomic E-state index is 11.8. The van der Waals surface area contributed by atoms with Crippen LogP contribution in [-0.4, -0.2) is 20.1 Å². The van der Waals surface area contributed by atoms with Crippen molar-refractivity contribution in [3.05, 3.63) is 65.0 Å². The Balaban J connectivity index is 1.94. The van der Waals surface area contributed by atoms with E-state index >= 15 is 0 Å². The lowest BCUT2D eigenvalue weighted by molar-refractivity contribution is 0.154. The minimum atomic E-state index is -3.61. The summed E-state index contributed by atoms with van der Waals surface area (Å²) in [5, 5.41) is 10.8. The number of furan rings is 1. The van der Waals surface area contributed by atoms with Gasteiger partial charge in [-0.1, -0.05) is 29.8 Å². The molecule has 2 rings (SSSR count). The van der Waals surface area contributed by atoms with Crippen LogP contribution < -0.4 is 4.72 Å². The van der Waals surface area contributed by atoms with Gasteiger partial charge in [-0.25, -0.2) is 13.1 Å². The molecule has 1 unspecified atom stereocenters. The smallest absolute Gasteiger partial charge is 0.233 e. The molecule has 6 heteroatoms. The standard InChI is InChI=1S/C15H17NO4S/c1-12-4-6-13(7-5-12)8-10-21(18,19)16-11-14(17)15-3-2-9-20-15/h2-10,14,16-17H,11H2,1H3/b10-8+. The van der Waals surface area contributed by atoms with Gasteiger partial charge in [-0.15, -0.1) is 0 Å². The van der Waals surface area contributed by atoms with E-state index in [0.29, 0.717) is 5.76 Å². The van der Waals surface area contributed by atoms with Gasteiger partial charge in [0.2, 0.25) is 10.0 Å². The molecule has 0 saturated heterocycles. The molecule has 2 N–H and O–H groups in total. The monoisotopic (exact) mass is 307 g/mol. The zero-order valence-electron chi connectivity index (χ0n) is 11.6. The number of hydrogen-bond donors (Lipinski definition) is 2. The first-order chi connectivity index (χ1) is 9.96. The molecule has 2 aromatic rings. The lowest BCUT2D eigenvalue weighted by atomic mass is 10.2. The van der Waals surface area contributed by atoms with Crippen molar-refractivity contribution in [2.75, 3.05) is 6.54 Å². The van der Waals surface area contributed by atoms with Crippen molar-refractivity contribution < 1.29 is 17.9 Å². The van der Waals surface area contributed by atoms with E-state index in [9.17, 15) is 13.5 Å². The molecule has 0 aliphatic heterocycles. The molecule has 112 valence electrons. The van der Waals surface area contributed by atoms with Crippen LogP contribution in [0.25, 0.3) is 6.08 Å². The Kier molecular flexibility index (Phi) is 4.95. The summed E-state index contributed by atoms with van der Waals surface area (Å²) in [6, 6.07) is 10.7. The van der Waals surface area contributed by atoms with E-state index in [1.807, 2.05) is 31.2 Å². The zero-order chi connectivity index (χ0) is 15.3. The summed E-state index contributed by atoms with van der Waals surface area (Å²) < 4.78 is 30.9. The molecule has 1 heterocycles. The van der Waals surface area contributed by atoms with Crippen molar-refractivity contribution in [3.8, 4) is 0 Å². The largest absolute Gasteiger partial charge is 0.467 e. The predicted octanol–water partition coefficient (Wildman–Crippen LogP) is 2.21. The van der Waals surface area contributed by atoms with Crippen molar-refractivity contribution >= 4 is 16.1 Å². The molecule has 5 nitrogen and oxygen atoms in total. The van der Waals surface area contributed by atoms with Crippen LogP contribution in [0.4, 0.5) is 0 Å². The van der Waals surface area contributed by atoms with Gasteiger partial charge in [-0.05, 0) is 30.7 Å². The van der Waals surface area contributed by atoms with Crippen LogP contribution in [0.15, 0.2) is 52.5 Å². The Morgan fingerprint density at radius 3 is 2.62 bits per heavy atom. The van der Waals surface area contributed by atoms with Gasteiger partial charge >= 0.3 is 0 Å². The van der Waals surface area contributed by atoms with Gasteiger partial charge in [-0.3, -0.25) is 0 Å². The maximum atomic E-state index is 11.8. The minimum absolute atomic E-state index is 0.145. The van der Waals surface area contributed by atoms with Crippen LogP contribution in [-0.2, 0) is 10.0 Å². The molecule has 0 amide bonds. The van der Waals surface area contributed by atoms with Crippen LogP contribution in [0.2, 0.25) is 0 Å². The average molecular weight is 307 g/mol. The fourth-order valence-corrected chi connectivity index (χ4v) is 2.49. The fourth-order valence-electron chi connectivity index (χ4n) is 1.67. The van der Waals surface area contributed by atoms with Crippen molar-refractivity contribution in [2.24, 2.45) is 0 Å². The maximum Gasteiger partial charge on any atom is 0.233 e. The second-order valence-corrected chi connectivity index (χ2v) is 6.29. The van der Waals surface area contributed by atoms with E-state index in [0.717, 1.165) is 16.5 Å². The molecule has 1 aromatic heterocycles. The van der Waals surface area contributed by atoms with Gasteiger partial charge in [-0.2, -0.15) is 0 Å². The van der Waals surface area contributed by atoms with Crippen molar-refractivity contribution in [1.82, 2.24) is 4.72 Å². The van der Waals surface area contributed by atoms with Crippen LogP contribution in [0.1, 0.15) is 23.0 Å². The lowest BCUT2D eigenvalue weighted by Crippen LogP contribution is -2.26. The van der Waals surface area contributed by atoms with Gasteiger partial charge < -0.3 is 9.52 Å². The predicted molar refractivity (Wildman–Crippen MR) is 80.8 cm³/mol. The number of rotatable bonds is 6. The minimum Gasteiger partial charge on any atom is -0.467 e. The zero-order valence-corrected chi connectivity index (χ0v) is 12.4. The number of aliphatic hydroxyl groups excluding tert-OH is 1. The number of nitrogens with one attached hydrogen (secondary N) is 1. The summed E-state index contributed by atoms with van der Waals surface area (Å²) >= 11 is 0. The molecule has 0 spiro atoms. The van der Waals surface area contributed by atoms with Gasteiger partial charge in [0.15, 0.2) is 0 Å². The summed E-state index contributed by atoms with van der Waals surface area (Å²) in [6.45, 7) is 1.82. The van der Waals surface area contributed by atoms with Crippen molar-refractivity contribution in [3.63, 3.8) is 0 Å². The topological polar surface area (TPSA) is 79.5 Å². The number of benzene rings is 1. The van der Waals surface area contributed by atoms with Crippen LogP contribution in [0, 0.1) is 6.92 Å². The van der Waals surface area contributed by atoms with E-state index in [1.54, 1.807) is 12.1 Å². The molecular formula is C15H17NO4S. The Bertz CT molecular complexity index is 688. The quantitative estimate of drug-likeness (QED) is 0.857. The summed E-state index contributed by atoms with van der Waals surface area (Å²) in [4.78, 5) is 0. The highest BCUT2D eigenvalue weighted by Gasteiger charge is 2.13. The molecule has 0 aliphatic carbocycles. The van der Waals surface area contributed by atoms with E-state index < -0.39 is 16.1 Å². The summed E-state index contributed by atoms with van der Waals surface area (Å²) in [7, 11) is -3.61. The third-order valence-electron chi connectivity index (χ3n) is 2.87. The first-order valence-corrected chi connectivity index (χ1v) is 7.97. The van der Waals surface area contributed by atoms with Gasteiger partial charge in [0.1, 0.15) is 11.9 Å². The Labute approximate surface area is 124 Å². The second kappa shape index (κ2) is 6.71. The number of aliphatic hydroxyl groups is 1. The molecule has 0 bridgehead atoms. The van der Waals surface area contributed by atoms with Crippen LogP contribution in [0.3, 0.4) is 0 Å². The first kappa shape index (κ1) is 15.5. The fraction of sp³-hybridized carbons (Fsp3) is 0.200. The van der Waals surface area contributed by atoms with Crippen molar-refractivity contribution in [1.29, 1.82) is 0 Å². The Hall–Kier alpha value is -1.89. The summed E-state index contributed by atoms with van der Waals surface area (Å²) in [6.07, 6.45) is 1.91. The van der Waals surface area contributed by atoms with Gasteiger partial charge in [0, 0.05) is 12.0 Å². The number of hydrogen-bond acceptors (Lipinski definition) is 4. The molecule has 0 saturated carbocycles. The third-order valence-corrected chi connectivity index (χ3v) is 3.93. The highest BCUT2D eigenvalue weighted by molar-refractivity contribution is 7.92. The Morgan fingerprint density at radius 1 is 1.29 bits per heavy atom. The number of sulfonamides is 1. The second-order valence-electron chi connectivity index (χ2n) is 4.64. The molecule has 21 heavy (non-hydrogen) atoms. The number of aryl methyl sites for hydroxylation is 1. The van der Waals surface area contributed by atoms with E-state index in [1.165, 1.54) is 12.3 Å². The Morgan fingerprint density at radius 2 is 2.00 bits per heavy atom. The molecule has 1 atom stereocenters. The highest BCUT2D eigenvalue weighted by Crippen LogP contribution is 2.12. The normalized spacial score (nSPS) is 13.6. The summed E-state index contributed by atoms with van der Waals surface area (Å²) in [5.74, 6) is 0.320. The van der Waals surface area contributed by atoms with Crippen LogP contribution >= 0.6 is 0 Å². The van der Waals surface area contributed by atoms with Crippen LogP contribution in [0.5, 0.6) is 0 Å². The lowest BCUT2D eigenvalue weighted by Gasteiger charge is -2.08. The highest BCUT2D eigenvalue weighted by atomic mass is 32.2. The van der Waals surface area contributed by atoms with Gasteiger partial charge in [0.05, 0.1) is 6.26 Å². The third kappa shape index (κ3) is 4.86. The van der Waals surface area contributed by atoms with Gasteiger partial charge in [0.25, 0.3) is 0 Å². The van der Waals surface area contributed by atoms with Crippen molar-refractivity contribution in [2.45, 2.75) is 13.0 Å². The average Bonchev–Trinajstić information content (AvgIpc) is 2.99. The van der Waals surface area contributed by atoms with E-state index in [4.69, 9.17) is 4.42 Å². The van der Waals surface area contributed by atoms with E-state index in [-0.39, 0.29) is 6.54 Å². The molecule has 0 fully saturated rings.